The number of ether oxygens (including phenoxy) is 3. The first-order chi connectivity index (χ1) is 19.4. The van der Waals surface area contributed by atoms with Crippen LogP contribution in [0.15, 0.2) is 50.7 Å². The van der Waals surface area contributed by atoms with Crippen molar-refractivity contribution in [2.75, 3.05) is 20.3 Å². The maximum Gasteiger partial charge on any atom is 0.333 e. The van der Waals surface area contributed by atoms with E-state index in [2.05, 4.69) is 4.98 Å². The van der Waals surface area contributed by atoms with Crippen LogP contribution >= 0.6 is 11.3 Å². The van der Waals surface area contributed by atoms with Crippen molar-refractivity contribution in [3.8, 4) is 16.5 Å². The fourth-order valence-electron chi connectivity index (χ4n) is 5.43. The summed E-state index contributed by atoms with van der Waals surface area (Å²) in [5.41, 5.74) is -1.55. The molecule has 11 nitrogen and oxygen atoms in total. The average Bonchev–Trinajstić information content (AvgIpc) is 3.42. The summed E-state index contributed by atoms with van der Waals surface area (Å²) in [5.74, 6) is -0.273. The van der Waals surface area contributed by atoms with E-state index < -0.39 is 28.9 Å². The van der Waals surface area contributed by atoms with Crippen LogP contribution in [0.1, 0.15) is 42.9 Å². The number of oxazole rings is 1. The van der Waals surface area contributed by atoms with Crippen molar-refractivity contribution in [1.29, 1.82) is 0 Å². The fraction of sp³-hybridized carbons (Fsp3) is 0.429. The molecule has 0 spiro atoms. The number of hydrogen-bond acceptors (Lipinski definition) is 9. The van der Waals surface area contributed by atoms with E-state index in [4.69, 9.17) is 18.6 Å². The van der Waals surface area contributed by atoms with Crippen molar-refractivity contribution in [2.24, 2.45) is 0 Å². The van der Waals surface area contributed by atoms with Crippen molar-refractivity contribution >= 4 is 27.5 Å². The van der Waals surface area contributed by atoms with E-state index in [1.807, 2.05) is 24.3 Å². The van der Waals surface area contributed by atoms with E-state index in [1.54, 1.807) is 14.0 Å². The zero-order chi connectivity index (χ0) is 28.0. The van der Waals surface area contributed by atoms with Gasteiger partial charge in [0.05, 0.1) is 36.2 Å². The van der Waals surface area contributed by atoms with Gasteiger partial charge in [0.25, 0.3) is 5.56 Å². The van der Waals surface area contributed by atoms with Gasteiger partial charge < -0.3 is 23.7 Å². The lowest BCUT2D eigenvalue weighted by molar-refractivity contribution is -0.142. The van der Waals surface area contributed by atoms with Crippen LogP contribution < -0.4 is 16.0 Å². The highest BCUT2D eigenvalue weighted by Crippen LogP contribution is 2.43. The number of fused-ring (bicyclic) bond motifs is 1. The SMILES string of the molecule is COc1ccccc1[C@@H](Cn1c(=O)n(C2(C(=O)O)CC2)c(=O)c2c(C)c(-c3ncco3)sc21)OC1CCOCC1. The van der Waals surface area contributed by atoms with E-state index >= 15 is 0 Å². The summed E-state index contributed by atoms with van der Waals surface area (Å²) in [5, 5.41) is 10.3. The number of carboxylic acid groups (broad SMARTS) is 1. The number of aryl methyl sites for hydroxylation is 1. The van der Waals surface area contributed by atoms with E-state index in [-0.39, 0.29) is 30.9 Å². The first-order valence-electron chi connectivity index (χ1n) is 13.1. The molecule has 1 aliphatic carbocycles. The van der Waals surface area contributed by atoms with Gasteiger partial charge in [-0.1, -0.05) is 18.2 Å². The monoisotopic (exact) mass is 567 g/mol. The van der Waals surface area contributed by atoms with Crippen LogP contribution in [0.2, 0.25) is 0 Å². The van der Waals surface area contributed by atoms with E-state index in [1.165, 1.54) is 28.4 Å². The van der Waals surface area contributed by atoms with E-state index in [0.717, 1.165) is 10.1 Å². The molecule has 40 heavy (non-hydrogen) atoms. The number of hydrogen-bond donors (Lipinski definition) is 1. The molecule has 0 bridgehead atoms. The zero-order valence-corrected chi connectivity index (χ0v) is 22.9. The van der Waals surface area contributed by atoms with Crippen LogP contribution in [-0.4, -0.2) is 51.6 Å². The summed E-state index contributed by atoms with van der Waals surface area (Å²) in [4.78, 5) is 45.6. The zero-order valence-electron chi connectivity index (χ0n) is 22.1. The molecule has 1 N–H and O–H groups in total. The minimum atomic E-state index is -1.57. The molecule has 1 aliphatic heterocycles. The van der Waals surface area contributed by atoms with Crippen LogP contribution in [0.5, 0.6) is 5.75 Å². The number of methoxy groups -OCH3 is 1. The molecule has 3 aromatic heterocycles. The second-order valence-electron chi connectivity index (χ2n) is 10.1. The molecule has 0 amide bonds. The molecule has 4 heterocycles. The van der Waals surface area contributed by atoms with Crippen molar-refractivity contribution in [3.05, 3.63) is 68.7 Å². The molecule has 0 radical (unpaired) electrons. The van der Waals surface area contributed by atoms with Crippen LogP contribution in [0.3, 0.4) is 0 Å². The minimum Gasteiger partial charge on any atom is -0.496 e. The standard InChI is InChI=1S/C28H29N3O8S/c1-16-21-24(32)31(28(9-10-28)26(33)34)27(35)30(25(21)40-22(16)23-29-11-14-38-23)15-20(39-17-7-12-37-13-8-17)18-5-3-4-6-19(18)36-2/h3-6,11,14,17,20H,7-10,12-13,15H2,1-2H3,(H,33,34)/t20-/m1/s1. The number of para-hydroxylation sites is 1. The minimum absolute atomic E-state index is 0.0357. The molecular formula is C28H29N3O8S. The van der Waals surface area contributed by atoms with Crippen LogP contribution in [0, 0.1) is 6.92 Å². The van der Waals surface area contributed by atoms with Gasteiger partial charge in [-0.2, -0.15) is 0 Å². The Labute approximate surface area is 232 Å². The Kier molecular flexibility index (Phi) is 6.85. The van der Waals surface area contributed by atoms with Crippen LogP contribution in [0.4, 0.5) is 0 Å². The fourth-order valence-corrected chi connectivity index (χ4v) is 6.68. The number of benzene rings is 1. The van der Waals surface area contributed by atoms with Gasteiger partial charge in [-0.05, 0) is 44.2 Å². The smallest absolute Gasteiger partial charge is 0.333 e. The van der Waals surface area contributed by atoms with Gasteiger partial charge in [-0.25, -0.2) is 19.1 Å². The molecule has 4 aromatic rings. The normalized spacial score (nSPS) is 17.6. The van der Waals surface area contributed by atoms with Gasteiger partial charge in [-0.3, -0.25) is 9.36 Å². The molecule has 12 heteroatoms. The molecule has 2 aliphatic rings. The summed E-state index contributed by atoms with van der Waals surface area (Å²) in [6.07, 6.45) is 4.01. The first kappa shape index (κ1) is 26.5. The Bertz CT molecular complexity index is 1680. The number of aromatic nitrogens is 3. The molecule has 1 atom stereocenters. The van der Waals surface area contributed by atoms with Gasteiger partial charge in [-0.15, -0.1) is 11.3 Å². The van der Waals surface area contributed by atoms with Gasteiger partial charge >= 0.3 is 11.7 Å². The lowest BCUT2D eigenvalue weighted by atomic mass is 10.1. The van der Waals surface area contributed by atoms with E-state index in [0.29, 0.717) is 53.0 Å². The molecule has 1 saturated carbocycles. The Morgan fingerprint density at radius 3 is 2.65 bits per heavy atom. The Balaban J connectivity index is 1.57. The molecule has 210 valence electrons. The summed E-state index contributed by atoms with van der Waals surface area (Å²) < 4.78 is 25.7. The lowest BCUT2D eigenvalue weighted by Gasteiger charge is -2.29. The summed E-state index contributed by atoms with van der Waals surface area (Å²) in [7, 11) is 1.57. The maximum absolute atomic E-state index is 14.1. The van der Waals surface area contributed by atoms with Crippen LogP contribution in [-0.2, 0) is 26.4 Å². The third kappa shape index (κ3) is 4.36. The lowest BCUT2D eigenvalue weighted by Crippen LogP contribution is -2.49. The van der Waals surface area contributed by atoms with Gasteiger partial charge in [0.15, 0.2) is 0 Å². The topological polar surface area (TPSA) is 135 Å². The summed E-state index contributed by atoms with van der Waals surface area (Å²) in [6.45, 7) is 2.94. The number of carbonyl (C=O) groups is 1. The molecule has 1 saturated heterocycles. The predicted octanol–water partition coefficient (Wildman–Crippen LogP) is 3.71. The Morgan fingerprint density at radius 2 is 2.00 bits per heavy atom. The third-order valence-electron chi connectivity index (χ3n) is 7.75. The second kappa shape index (κ2) is 10.3. The highest BCUT2D eigenvalue weighted by atomic mass is 32.1. The maximum atomic E-state index is 14.1. The molecular weight excluding hydrogens is 538 g/mol. The van der Waals surface area contributed by atoms with E-state index in [9.17, 15) is 19.5 Å². The molecule has 6 rings (SSSR count). The molecule has 0 unspecified atom stereocenters. The largest absolute Gasteiger partial charge is 0.496 e. The molecule has 2 fully saturated rings. The van der Waals surface area contributed by atoms with Crippen molar-refractivity contribution in [3.63, 3.8) is 0 Å². The number of rotatable bonds is 9. The summed E-state index contributed by atoms with van der Waals surface area (Å²) >= 11 is 1.22. The van der Waals surface area contributed by atoms with Gasteiger partial charge in [0.1, 0.15) is 28.5 Å². The second-order valence-corrected chi connectivity index (χ2v) is 11.1. The highest BCUT2D eigenvalue weighted by Gasteiger charge is 2.55. The number of thiophene rings is 1. The van der Waals surface area contributed by atoms with Crippen molar-refractivity contribution in [2.45, 2.75) is 56.9 Å². The first-order valence-corrected chi connectivity index (χ1v) is 14.0. The Hall–Kier alpha value is -3.74. The average molecular weight is 568 g/mol. The summed E-state index contributed by atoms with van der Waals surface area (Å²) in [6, 6.07) is 7.44. The number of nitrogens with zero attached hydrogens (tertiary/aromatic N) is 3. The third-order valence-corrected chi connectivity index (χ3v) is 9.05. The predicted molar refractivity (Wildman–Crippen MR) is 146 cm³/mol. The van der Waals surface area contributed by atoms with Gasteiger partial charge in [0, 0.05) is 18.8 Å². The van der Waals surface area contributed by atoms with Crippen molar-refractivity contribution in [1.82, 2.24) is 14.1 Å². The Morgan fingerprint density at radius 1 is 1.25 bits per heavy atom. The number of carboxylic acids is 1. The number of aliphatic carboxylic acids is 1. The van der Waals surface area contributed by atoms with Crippen LogP contribution in [0.25, 0.3) is 21.0 Å². The highest BCUT2D eigenvalue weighted by molar-refractivity contribution is 7.22. The van der Waals surface area contributed by atoms with Crippen molar-refractivity contribution < 1.29 is 28.5 Å². The van der Waals surface area contributed by atoms with Gasteiger partial charge in [0.2, 0.25) is 5.89 Å². The molecule has 1 aromatic carbocycles. The quantitative estimate of drug-likeness (QED) is 0.321.